The largest absolute Gasteiger partial charge is 0.497 e. The molecular formula is C14H22N2O4. The number of amides is 1. The molecule has 3 N–H and O–H groups in total. The molecule has 0 atom stereocenters. The van der Waals surface area contributed by atoms with Crippen molar-refractivity contribution in [2.45, 2.75) is 6.42 Å². The van der Waals surface area contributed by atoms with E-state index < -0.39 is 0 Å². The van der Waals surface area contributed by atoms with Gasteiger partial charge in [-0.1, -0.05) is 0 Å². The third kappa shape index (κ3) is 5.46. The summed E-state index contributed by atoms with van der Waals surface area (Å²) in [5, 5.41) is 2.80. The molecule has 1 aromatic rings. The lowest BCUT2D eigenvalue weighted by atomic mass is 10.1. The summed E-state index contributed by atoms with van der Waals surface area (Å²) in [4.78, 5) is 11.9. The topological polar surface area (TPSA) is 82.8 Å². The Labute approximate surface area is 119 Å². The molecule has 0 radical (unpaired) electrons. The zero-order chi connectivity index (χ0) is 14.8. The van der Waals surface area contributed by atoms with Gasteiger partial charge >= 0.3 is 0 Å². The molecular weight excluding hydrogens is 260 g/mol. The molecule has 0 aliphatic carbocycles. The maximum Gasteiger partial charge on any atom is 0.253 e. The number of ether oxygens (including phenoxy) is 3. The van der Waals surface area contributed by atoms with Crippen LogP contribution in [-0.2, 0) is 9.47 Å². The number of carbonyl (C=O) groups excluding carboxylic acids is 1. The Morgan fingerprint density at radius 1 is 1.25 bits per heavy atom. The summed E-state index contributed by atoms with van der Waals surface area (Å²) in [6.07, 6.45) is 0.742. The molecule has 0 aliphatic heterocycles. The van der Waals surface area contributed by atoms with Crippen LogP contribution in [0.15, 0.2) is 18.2 Å². The average Bonchev–Trinajstić information content (AvgIpc) is 2.45. The van der Waals surface area contributed by atoms with Gasteiger partial charge < -0.3 is 25.3 Å². The number of nitrogens with two attached hydrogens (primary N) is 1. The van der Waals surface area contributed by atoms with Crippen LogP contribution in [0.5, 0.6) is 5.75 Å². The molecule has 6 nitrogen and oxygen atoms in total. The van der Waals surface area contributed by atoms with Crippen molar-refractivity contribution in [3.05, 3.63) is 23.8 Å². The first kappa shape index (κ1) is 16.3. The first-order valence-corrected chi connectivity index (χ1v) is 6.47. The first-order valence-electron chi connectivity index (χ1n) is 6.47. The molecule has 0 saturated heterocycles. The molecule has 0 bridgehead atoms. The third-order valence-electron chi connectivity index (χ3n) is 2.69. The van der Waals surface area contributed by atoms with Crippen LogP contribution in [0.3, 0.4) is 0 Å². The van der Waals surface area contributed by atoms with Gasteiger partial charge in [-0.15, -0.1) is 0 Å². The first-order chi connectivity index (χ1) is 9.69. The van der Waals surface area contributed by atoms with Crippen molar-refractivity contribution in [1.29, 1.82) is 0 Å². The second-order valence-corrected chi connectivity index (χ2v) is 4.17. The van der Waals surface area contributed by atoms with Gasteiger partial charge in [0.05, 0.1) is 25.9 Å². The summed E-state index contributed by atoms with van der Waals surface area (Å²) >= 11 is 0. The molecule has 0 spiro atoms. The van der Waals surface area contributed by atoms with Crippen molar-refractivity contribution in [3.8, 4) is 5.75 Å². The van der Waals surface area contributed by atoms with E-state index in [2.05, 4.69) is 5.32 Å². The lowest BCUT2D eigenvalue weighted by Gasteiger charge is -2.09. The van der Waals surface area contributed by atoms with Gasteiger partial charge in [0.2, 0.25) is 0 Å². The van der Waals surface area contributed by atoms with Gasteiger partial charge in [-0.2, -0.15) is 0 Å². The van der Waals surface area contributed by atoms with Crippen molar-refractivity contribution in [2.75, 3.05) is 46.3 Å². The quantitative estimate of drug-likeness (QED) is 0.523. The molecule has 0 aromatic heterocycles. The fraction of sp³-hybridized carbons (Fsp3) is 0.500. The summed E-state index contributed by atoms with van der Waals surface area (Å²) in [7, 11) is 3.18. The Kier molecular flexibility index (Phi) is 7.46. The molecule has 0 aliphatic rings. The molecule has 1 rings (SSSR count). The third-order valence-corrected chi connectivity index (χ3v) is 2.69. The minimum absolute atomic E-state index is 0.193. The van der Waals surface area contributed by atoms with Crippen LogP contribution in [0.2, 0.25) is 0 Å². The Balaban J connectivity index is 2.29. The summed E-state index contributed by atoms with van der Waals surface area (Å²) in [5.74, 6) is 0.438. The van der Waals surface area contributed by atoms with Crippen LogP contribution < -0.4 is 15.8 Å². The van der Waals surface area contributed by atoms with Crippen LogP contribution in [-0.4, -0.2) is 46.5 Å². The highest BCUT2D eigenvalue weighted by Gasteiger charge is 2.09. The zero-order valence-corrected chi connectivity index (χ0v) is 12.0. The monoisotopic (exact) mass is 282 g/mol. The van der Waals surface area contributed by atoms with Gasteiger partial charge in [0.1, 0.15) is 5.75 Å². The normalized spacial score (nSPS) is 10.3. The molecule has 0 saturated carbocycles. The van der Waals surface area contributed by atoms with E-state index in [-0.39, 0.29) is 5.91 Å². The standard InChI is InChI=1S/C14H22N2O4/c1-18-8-9-20-7-3-6-16-14(17)12-5-4-11(19-2)10-13(12)15/h4-5,10H,3,6-9,15H2,1-2H3,(H,16,17). The van der Waals surface area contributed by atoms with Gasteiger partial charge in [-0.05, 0) is 18.6 Å². The molecule has 0 fully saturated rings. The van der Waals surface area contributed by atoms with Gasteiger partial charge in [0.25, 0.3) is 5.91 Å². The van der Waals surface area contributed by atoms with Crippen LogP contribution in [0, 0.1) is 0 Å². The van der Waals surface area contributed by atoms with Crippen LogP contribution >= 0.6 is 0 Å². The number of nitrogens with one attached hydrogen (secondary N) is 1. The van der Waals surface area contributed by atoms with Gasteiger partial charge in [0, 0.05) is 32.0 Å². The summed E-state index contributed by atoms with van der Waals surface area (Å²) in [5.41, 5.74) is 6.65. The second-order valence-electron chi connectivity index (χ2n) is 4.17. The maximum atomic E-state index is 11.9. The highest BCUT2D eigenvalue weighted by atomic mass is 16.5. The Hall–Kier alpha value is -1.79. The highest BCUT2D eigenvalue weighted by molar-refractivity contribution is 5.99. The average molecular weight is 282 g/mol. The predicted molar refractivity (Wildman–Crippen MR) is 77.1 cm³/mol. The lowest BCUT2D eigenvalue weighted by Crippen LogP contribution is -2.26. The maximum absolute atomic E-state index is 11.9. The minimum Gasteiger partial charge on any atom is -0.497 e. The minimum atomic E-state index is -0.193. The molecule has 0 unspecified atom stereocenters. The van der Waals surface area contributed by atoms with E-state index in [0.717, 1.165) is 6.42 Å². The summed E-state index contributed by atoms with van der Waals surface area (Å²) in [6, 6.07) is 4.99. The van der Waals surface area contributed by atoms with E-state index in [1.807, 2.05) is 0 Å². The number of benzene rings is 1. The number of nitrogen functional groups attached to an aromatic ring is 1. The predicted octanol–water partition coefficient (Wildman–Crippen LogP) is 1.06. The lowest BCUT2D eigenvalue weighted by molar-refractivity contribution is 0.0688. The molecule has 0 heterocycles. The fourth-order valence-corrected chi connectivity index (χ4v) is 1.59. The van der Waals surface area contributed by atoms with E-state index in [1.54, 1.807) is 32.4 Å². The summed E-state index contributed by atoms with van der Waals surface area (Å²) in [6.45, 7) is 2.27. The Bertz CT molecular complexity index is 424. The number of hydrogen-bond acceptors (Lipinski definition) is 5. The van der Waals surface area contributed by atoms with Gasteiger partial charge in [-0.25, -0.2) is 0 Å². The van der Waals surface area contributed by atoms with Crippen molar-refractivity contribution in [2.24, 2.45) is 0 Å². The van der Waals surface area contributed by atoms with Crippen molar-refractivity contribution < 1.29 is 19.0 Å². The van der Waals surface area contributed by atoms with Crippen molar-refractivity contribution >= 4 is 11.6 Å². The molecule has 6 heteroatoms. The molecule has 1 aromatic carbocycles. The number of carbonyl (C=O) groups is 1. The second kappa shape index (κ2) is 9.17. The Morgan fingerprint density at radius 2 is 2.05 bits per heavy atom. The number of rotatable bonds is 9. The fourth-order valence-electron chi connectivity index (χ4n) is 1.59. The van der Waals surface area contributed by atoms with E-state index in [1.165, 1.54) is 0 Å². The molecule has 20 heavy (non-hydrogen) atoms. The molecule has 1 amide bonds. The van der Waals surface area contributed by atoms with Crippen molar-refractivity contribution in [1.82, 2.24) is 5.32 Å². The highest BCUT2D eigenvalue weighted by Crippen LogP contribution is 2.19. The van der Waals surface area contributed by atoms with Crippen LogP contribution in [0.4, 0.5) is 5.69 Å². The van der Waals surface area contributed by atoms with E-state index in [0.29, 0.717) is 43.4 Å². The zero-order valence-electron chi connectivity index (χ0n) is 12.0. The number of hydrogen-bond donors (Lipinski definition) is 2. The van der Waals surface area contributed by atoms with Crippen LogP contribution in [0.25, 0.3) is 0 Å². The number of methoxy groups -OCH3 is 2. The van der Waals surface area contributed by atoms with Gasteiger partial charge in [-0.3, -0.25) is 4.79 Å². The van der Waals surface area contributed by atoms with E-state index in [4.69, 9.17) is 19.9 Å². The molecule has 112 valence electrons. The van der Waals surface area contributed by atoms with Crippen LogP contribution in [0.1, 0.15) is 16.8 Å². The SMILES string of the molecule is COCCOCCCNC(=O)c1ccc(OC)cc1N. The van der Waals surface area contributed by atoms with Gasteiger partial charge in [0.15, 0.2) is 0 Å². The summed E-state index contributed by atoms with van der Waals surface area (Å²) < 4.78 is 15.2. The van der Waals surface area contributed by atoms with Crippen molar-refractivity contribution in [3.63, 3.8) is 0 Å². The Morgan fingerprint density at radius 3 is 2.70 bits per heavy atom. The van der Waals surface area contributed by atoms with E-state index in [9.17, 15) is 4.79 Å². The van der Waals surface area contributed by atoms with E-state index >= 15 is 0 Å². The number of anilines is 1. The smallest absolute Gasteiger partial charge is 0.253 e.